The number of halogens is 1. The number of aryl methyl sites for hydroxylation is 1. The molecule has 25 heavy (non-hydrogen) atoms. The number of hydrogen-bond acceptors (Lipinski definition) is 3. The Balaban J connectivity index is 1.60. The molecular weight excluding hydrogens is 319 g/mol. The van der Waals surface area contributed by atoms with E-state index in [0.29, 0.717) is 12.1 Å². The van der Waals surface area contributed by atoms with Gasteiger partial charge in [-0.1, -0.05) is 19.4 Å². The molecule has 1 aromatic heterocycles. The summed E-state index contributed by atoms with van der Waals surface area (Å²) in [6, 6.07) is 6.30. The van der Waals surface area contributed by atoms with E-state index in [1.807, 2.05) is 4.68 Å². The van der Waals surface area contributed by atoms with E-state index in [2.05, 4.69) is 28.3 Å². The average Bonchev–Trinajstić information content (AvgIpc) is 3.02. The van der Waals surface area contributed by atoms with E-state index < -0.39 is 5.82 Å². The lowest BCUT2D eigenvalue weighted by Gasteiger charge is -2.27. The van der Waals surface area contributed by atoms with Crippen molar-refractivity contribution >= 4 is 5.91 Å². The van der Waals surface area contributed by atoms with Gasteiger partial charge in [0.2, 0.25) is 0 Å². The van der Waals surface area contributed by atoms with Crippen LogP contribution in [0.25, 0.3) is 0 Å². The molecule has 0 atom stereocenters. The van der Waals surface area contributed by atoms with E-state index in [9.17, 15) is 9.18 Å². The summed E-state index contributed by atoms with van der Waals surface area (Å²) in [6.07, 6.45) is 2.41. The lowest BCUT2D eigenvalue weighted by molar-refractivity contribution is 0.0949. The van der Waals surface area contributed by atoms with Gasteiger partial charge in [0.15, 0.2) is 0 Å². The van der Waals surface area contributed by atoms with Gasteiger partial charge in [-0.2, -0.15) is 5.10 Å². The summed E-state index contributed by atoms with van der Waals surface area (Å²) in [7, 11) is 0. The van der Waals surface area contributed by atoms with Gasteiger partial charge in [0.25, 0.3) is 5.91 Å². The molecular formula is C19H25FN4O. The highest BCUT2D eigenvalue weighted by atomic mass is 19.1. The molecule has 0 saturated heterocycles. The van der Waals surface area contributed by atoms with Gasteiger partial charge in [-0.15, -0.1) is 0 Å². The summed E-state index contributed by atoms with van der Waals surface area (Å²) >= 11 is 0. The zero-order chi connectivity index (χ0) is 17.8. The number of benzene rings is 1. The van der Waals surface area contributed by atoms with Gasteiger partial charge in [-0.25, -0.2) is 4.39 Å². The van der Waals surface area contributed by atoms with Crippen molar-refractivity contribution in [3.05, 3.63) is 52.6 Å². The lowest BCUT2D eigenvalue weighted by Crippen LogP contribution is -2.34. The standard InChI is InChI=1S/C19H25FN4O/c1-3-4-7-23-8-9-24-17(13-23)11-16(22-24)12-21-19(25)18-10-15(20)6-5-14(18)2/h5-6,10-11H,3-4,7-9,12-13H2,1-2H3,(H,21,25). The minimum atomic E-state index is -0.402. The van der Waals surface area contributed by atoms with Crippen molar-refractivity contribution in [2.24, 2.45) is 0 Å². The predicted molar refractivity (Wildman–Crippen MR) is 94.7 cm³/mol. The van der Waals surface area contributed by atoms with Crippen molar-refractivity contribution in [2.75, 3.05) is 13.1 Å². The minimum absolute atomic E-state index is 0.271. The molecule has 5 nitrogen and oxygen atoms in total. The quantitative estimate of drug-likeness (QED) is 0.877. The number of amides is 1. The minimum Gasteiger partial charge on any atom is -0.346 e. The van der Waals surface area contributed by atoms with Crippen LogP contribution in [-0.4, -0.2) is 33.7 Å². The van der Waals surface area contributed by atoms with E-state index in [0.717, 1.165) is 37.4 Å². The largest absolute Gasteiger partial charge is 0.346 e. The Kier molecular flexibility index (Phi) is 5.48. The number of rotatable bonds is 6. The second kappa shape index (κ2) is 7.78. The van der Waals surface area contributed by atoms with Gasteiger partial charge >= 0.3 is 0 Å². The molecule has 0 spiro atoms. The Morgan fingerprint density at radius 3 is 2.96 bits per heavy atom. The van der Waals surface area contributed by atoms with Crippen molar-refractivity contribution in [2.45, 2.75) is 46.3 Å². The number of aromatic nitrogens is 2. The number of unbranched alkanes of at least 4 members (excludes halogenated alkanes) is 1. The van der Waals surface area contributed by atoms with Crippen LogP contribution in [0.4, 0.5) is 4.39 Å². The number of nitrogens with zero attached hydrogens (tertiary/aromatic N) is 3. The Labute approximate surface area is 147 Å². The van der Waals surface area contributed by atoms with Crippen LogP contribution in [0.2, 0.25) is 0 Å². The molecule has 1 aromatic carbocycles. The number of fused-ring (bicyclic) bond motifs is 1. The molecule has 0 radical (unpaired) electrons. The van der Waals surface area contributed by atoms with Crippen molar-refractivity contribution in [1.29, 1.82) is 0 Å². The summed E-state index contributed by atoms with van der Waals surface area (Å²) in [6.45, 7) is 8.28. The van der Waals surface area contributed by atoms with Gasteiger partial charge in [-0.05, 0) is 43.7 Å². The third-order valence-electron chi connectivity index (χ3n) is 4.63. The fourth-order valence-corrected chi connectivity index (χ4v) is 3.14. The van der Waals surface area contributed by atoms with Gasteiger partial charge in [0.1, 0.15) is 5.82 Å². The van der Waals surface area contributed by atoms with E-state index >= 15 is 0 Å². The molecule has 2 heterocycles. The Morgan fingerprint density at radius 1 is 1.32 bits per heavy atom. The summed E-state index contributed by atoms with van der Waals surface area (Å²) in [5, 5.41) is 7.42. The molecule has 1 aliphatic heterocycles. The highest BCUT2D eigenvalue weighted by Crippen LogP contribution is 2.15. The van der Waals surface area contributed by atoms with Crippen LogP contribution in [0.1, 0.15) is 47.1 Å². The number of hydrogen-bond donors (Lipinski definition) is 1. The first-order chi connectivity index (χ1) is 12.1. The second-order valence-electron chi connectivity index (χ2n) is 6.62. The number of nitrogens with one attached hydrogen (secondary N) is 1. The second-order valence-corrected chi connectivity index (χ2v) is 6.62. The maximum absolute atomic E-state index is 13.4. The topological polar surface area (TPSA) is 50.2 Å². The maximum Gasteiger partial charge on any atom is 0.251 e. The van der Waals surface area contributed by atoms with Crippen LogP contribution in [0, 0.1) is 12.7 Å². The van der Waals surface area contributed by atoms with Crippen molar-refractivity contribution < 1.29 is 9.18 Å². The highest BCUT2D eigenvalue weighted by molar-refractivity contribution is 5.95. The zero-order valence-electron chi connectivity index (χ0n) is 14.9. The normalized spacial score (nSPS) is 14.4. The lowest BCUT2D eigenvalue weighted by atomic mass is 10.1. The van der Waals surface area contributed by atoms with Gasteiger partial charge < -0.3 is 5.32 Å². The van der Waals surface area contributed by atoms with E-state index in [-0.39, 0.29) is 5.91 Å². The molecule has 0 saturated carbocycles. The van der Waals surface area contributed by atoms with Crippen molar-refractivity contribution in [3.8, 4) is 0 Å². The molecule has 0 unspecified atom stereocenters. The van der Waals surface area contributed by atoms with Gasteiger partial charge in [0, 0.05) is 18.7 Å². The van der Waals surface area contributed by atoms with Crippen LogP contribution in [0.15, 0.2) is 24.3 Å². The summed E-state index contributed by atoms with van der Waals surface area (Å²) in [5.74, 6) is -0.673. The first-order valence-electron chi connectivity index (χ1n) is 8.89. The SMILES string of the molecule is CCCCN1CCn2nc(CNC(=O)c3cc(F)ccc3C)cc2C1. The molecule has 6 heteroatoms. The van der Waals surface area contributed by atoms with Crippen LogP contribution >= 0.6 is 0 Å². The van der Waals surface area contributed by atoms with Crippen LogP contribution in [0.5, 0.6) is 0 Å². The van der Waals surface area contributed by atoms with Crippen LogP contribution in [0.3, 0.4) is 0 Å². The summed E-state index contributed by atoms with van der Waals surface area (Å²) < 4.78 is 15.4. The highest BCUT2D eigenvalue weighted by Gasteiger charge is 2.18. The number of carbonyl (C=O) groups is 1. The molecule has 0 aliphatic carbocycles. The van der Waals surface area contributed by atoms with E-state index in [1.165, 1.54) is 30.7 Å². The molecule has 1 amide bonds. The molecule has 134 valence electrons. The van der Waals surface area contributed by atoms with E-state index in [1.54, 1.807) is 13.0 Å². The van der Waals surface area contributed by atoms with Crippen LogP contribution < -0.4 is 5.32 Å². The monoisotopic (exact) mass is 344 g/mol. The molecule has 1 aliphatic rings. The molecule has 3 rings (SSSR count). The Morgan fingerprint density at radius 2 is 2.16 bits per heavy atom. The van der Waals surface area contributed by atoms with Gasteiger partial charge in [0.05, 0.1) is 24.5 Å². The van der Waals surface area contributed by atoms with Crippen molar-refractivity contribution in [3.63, 3.8) is 0 Å². The third-order valence-corrected chi connectivity index (χ3v) is 4.63. The Bertz CT molecular complexity index is 756. The first-order valence-corrected chi connectivity index (χ1v) is 8.89. The molecule has 1 N–H and O–H groups in total. The number of carbonyl (C=O) groups excluding carboxylic acids is 1. The average molecular weight is 344 g/mol. The molecule has 0 fully saturated rings. The zero-order valence-corrected chi connectivity index (χ0v) is 14.9. The predicted octanol–water partition coefficient (Wildman–Crippen LogP) is 2.88. The van der Waals surface area contributed by atoms with E-state index in [4.69, 9.17) is 0 Å². The van der Waals surface area contributed by atoms with Crippen LogP contribution in [-0.2, 0) is 19.6 Å². The smallest absolute Gasteiger partial charge is 0.251 e. The first kappa shape index (κ1) is 17.6. The molecule has 0 bridgehead atoms. The third kappa shape index (κ3) is 4.25. The maximum atomic E-state index is 13.4. The molecule has 2 aromatic rings. The summed E-state index contributed by atoms with van der Waals surface area (Å²) in [4.78, 5) is 14.7. The fraction of sp³-hybridized carbons (Fsp3) is 0.474. The fourth-order valence-electron chi connectivity index (χ4n) is 3.14. The summed E-state index contributed by atoms with van der Waals surface area (Å²) in [5.41, 5.74) is 3.16. The van der Waals surface area contributed by atoms with Crippen molar-refractivity contribution in [1.82, 2.24) is 20.0 Å². The van der Waals surface area contributed by atoms with Gasteiger partial charge in [-0.3, -0.25) is 14.4 Å². The Hall–Kier alpha value is -2.21.